The van der Waals surface area contributed by atoms with Crippen LogP contribution in [-0.4, -0.2) is 24.2 Å². The van der Waals surface area contributed by atoms with Gasteiger partial charge in [-0.05, 0) is 36.4 Å². The van der Waals surface area contributed by atoms with Gasteiger partial charge >= 0.3 is 0 Å². The molecule has 0 aliphatic heterocycles. The summed E-state index contributed by atoms with van der Waals surface area (Å²) in [6.07, 6.45) is 4.70. The summed E-state index contributed by atoms with van der Waals surface area (Å²) >= 11 is 3.42. The van der Waals surface area contributed by atoms with Gasteiger partial charge in [0.25, 0.3) is 0 Å². The van der Waals surface area contributed by atoms with Gasteiger partial charge in [-0.15, -0.1) is 0 Å². The molecule has 2 aromatic carbocycles. The van der Waals surface area contributed by atoms with Crippen molar-refractivity contribution in [3.63, 3.8) is 0 Å². The maximum absolute atomic E-state index is 11.5. The molecule has 22 heavy (non-hydrogen) atoms. The molecule has 112 valence electrons. The zero-order chi connectivity index (χ0) is 15.7. The van der Waals surface area contributed by atoms with E-state index in [0.29, 0.717) is 4.90 Å². The molecule has 0 radical (unpaired) electrons. The monoisotopic (exact) mass is 376 g/mol. The number of sulfone groups is 1. The average Bonchev–Trinajstić information content (AvgIpc) is 2.97. The van der Waals surface area contributed by atoms with Crippen molar-refractivity contribution < 1.29 is 8.42 Å². The number of benzene rings is 2. The summed E-state index contributed by atoms with van der Waals surface area (Å²) in [5.74, 6) is 0. The second-order valence-electron chi connectivity index (χ2n) is 4.92. The van der Waals surface area contributed by atoms with E-state index in [9.17, 15) is 8.42 Å². The second kappa shape index (κ2) is 5.70. The summed E-state index contributed by atoms with van der Waals surface area (Å²) in [6, 6.07) is 14.7. The van der Waals surface area contributed by atoms with Crippen LogP contribution in [0.5, 0.6) is 0 Å². The molecule has 0 saturated carbocycles. The van der Waals surface area contributed by atoms with Crippen LogP contribution in [0.3, 0.4) is 0 Å². The quantitative estimate of drug-likeness (QED) is 0.699. The summed E-state index contributed by atoms with van der Waals surface area (Å²) in [6.45, 7) is 0. The molecular weight excluding hydrogens is 364 g/mol. The van der Waals surface area contributed by atoms with Crippen molar-refractivity contribution in [2.45, 2.75) is 4.90 Å². The molecule has 0 fully saturated rings. The Bertz CT molecular complexity index is 898. The maximum Gasteiger partial charge on any atom is 0.175 e. The van der Waals surface area contributed by atoms with E-state index in [1.165, 1.54) is 6.26 Å². The minimum Gasteiger partial charge on any atom is -0.299 e. The number of aromatic nitrogens is 2. The zero-order valence-electron chi connectivity index (χ0n) is 11.8. The molecule has 0 unspecified atom stereocenters. The lowest BCUT2D eigenvalue weighted by atomic mass is 10.1. The normalized spacial score (nSPS) is 11.5. The Morgan fingerprint density at radius 3 is 2.23 bits per heavy atom. The van der Waals surface area contributed by atoms with Crippen LogP contribution in [0.25, 0.3) is 16.9 Å². The lowest BCUT2D eigenvalue weighted by Gasteiger charge is -2.09. The molecule has 0 amide bonds. The van der Waals surface area contributed by atoms with Crippen molar-refractivity contribution in [1.29, 1.82) is 0 Å². The predicted molar refractivity (Wildman–Crippen MR) is 89.8 cm³/mol. The Morgan fingerprint density at radius 2 is 1.64 bits per heavy atom. The van der Waals surface area contributed by atoms with Crippen molar-refractivity contribution in [3.8, 4) is 16.9 Å². The summed E-state index contributed by atoms with van der Waals surface area (Å²) in [5, 5.41) is 0. The van der Waals surface area contributed by atoms with Gasteiger partial charge < -0.3 is 0 Å². The van der Waals surface area contributed by atoms with Crippen LogP contribution in [0.15, 0.2) is 70.4 Å². The SMILES string of the molecule is CS(=O)(=O)c1ccc(-n2cncc2-c2ccc(Br)cc2)cc1. The van der Waals surface area contributed by atoms with Gasteiger partial charge in [0.1, 0.15) is 0 Å². The molecule has 0 atom stereocenters. The van der Waals surface area contributed by atoms with E-state index in [0.717, 1.165) is 21.4 Å². The van der Waals surface area contributed by atoms with Crippen molar-refractivity contribution in [2.24, 2.45) is 0 Å². The van der Waals surface area contributed by atoms with E-state index >= 15 is 0 Å². The fraction of sp³-hybridized carbons (Fsp3) is 0.0625. The highest BCUT2D eigenvalue weighted by atomic mass is 79.9. The molecule has 3 aromatic rings. The van der Waals surface area contributed by atoms with Gasteiger partial charge in [-0.25, -0.2) is 13.4 Å². The van der Waals surface area contributed by atoms with Crippen LogP contribution in [0.1, 0.15) is 0 Å². The van der Waals surface area contributed by atoms with Gasteiger partial charge in [-0.2, -0.15) is 0 Å². The molecule has 0 spiro atoms. The average molecular weight is 377 g/mol. The van der Waals surface area contributed by atoms with Crippen molar-refractivity contribution in [2.75, 3.05) is 6.26 Å². The molecule has 0 aliphatic rings. The number of rotatable bonds is 3. The lowest BCUT2D eigenvalue weighted by molar-refractivity contribution is 0.602. The van der Waals surface area contributed by atoms with E-state index in [1.807, 2.05) is 28.8 Å². The van der Waals surface area contributed by atoms with Crippen LogP contribution in [0.2, 0.25) is 0 Å². The molecular formula is C16H13BrN2O2S. The Morgan fingerprint density at radius 1 is 1.00 bits per heavy atom. The summed E-state index contributed by atoms with van der Waals surface area (Å²) in [5.41, 5.74) is 2.84. The van der Waals surface area contributed by atoms with Crippen LogP contribution < -0.4 is 0 Å². The van der Waals surface area contributed by atoms with Gasteiger partial charge in [0.05, 0.1) is 23.1 Å². The minimum absolute atomic E-state index is 0.307. The molecule has 1 aromatic heterocycles. The predicted octanol–water partition coefficient (Wildman–Crippen LogP) is 3.71. The summed E-state index contributed by atoms with van der Waals surface area (Å²) in [7, 11) is -3.19. The zero-order valence-corrected chi connectivity index (χ0v) is 14.2. The first kappa shape index (κ1) is 15.0. The number of hydrogen-bond acceptors (Lipinski definition) is 3. The van der Waals surface area contributed by atoms with Crippen molar-refractivity contribution >= 4 is 25.8 Å². The Labute approximate surface area is 137 Å². The van der Waals surface area contributed by atoms with E-state index < -0.39 is 9.84 Å². The van der Waals surface area contributed by atoms with Crippen LogP contribution >= 0.6 is 15.9 Å². The third-order valence-electron chi connectivity index (χ3n) is 3.32. The van der Waals surface area contributed by atoms with Gasteiger partial charge in [0.15, 0.2) is 9.84 Å². The number of nitrogens with zero attached hydrogens (tertiary/aromatic N) is 2. The first-order valence-corrected chi connectivity index (χ1v) is 9.22. The molecule has 0 N–H and O–H groups in total. The molecule has 0 aliphatic carbocycles. The number of hydrogen-bond donors (Lipinski definition) is 0. The van der Waals surface area contributed by atoms with Gasteiger partial charge in [0.2, 0.25) is 0 Å². The third kappa shape index (κ3) is 2.98. The minimum atomic E-state index is -3.19. The van der Waals surface area contributed by atoms with Crippen LogP contribution in [0, 0.1) is 0 Å². The Kier molecular flexibility index (Phi) is 3.88. The van der Waals surface area contributed by atoms with Crippen molar-refractivity contribution in [3.05, 3.63) is 65.5 Å². The van der Waals surface area contributed by atoms with E-state index in [-0.39, 0.29) is 0 Å². The van der Waals surface area contributed by atoms with E-state index in [1.54, 1.807) is 36.8 Å². The molecule has 6 heteroatoms. The first-order chi connectivity index (χ1) is 10.4. The molecule has 0 saturated heterocycles. The fourth-order valence-electron chi connectivity index (χ4n) is 2.19. The lowest BCUT2D eigenvalue weighted by Crippen LogP contribution is -1.99. The maximum atomic E-state index is 11.5. The largest absolute Gasteiger partial charge is 0.299 e. The van der Waals surface area contributed by atoms with Gasteiger partial charge in [0, 0.05) is 22.0 Å². The number of imidazole rings is 1. The van der Waals surface area contributed by atoms with Crippen LogP contribution in [0.4, 0.5) is 0 Å². The summed E-state index contributed by atoms with van der Waals surface area (Å²) in [4.78, 5) is 4.51. The van der Waals surface area contributed by atoms with E-state index in [4.69, 9.17) is 0 Å². The van der Waals surface area contributed by atoms with Crippen molar-refractivity contribution in [1.82, 2.24) is 9.55 Å². The van der Waals surface area contributed by atoms with Gasteiger partial charge in [-0.1, -0.05) is 28.1 Å². The third-order valence-corrected chi connectivity index (χ3v) is 4.98. The second-order valence-corrected chi connectivity index (χ2v) is 7.85. The summed E-state index contributed by atoms with van der Waals surface area (Å²) < 4.78 is 26.0. The van der Waals surface area contributed by atoms with Crippen LogP contribution in [-0.2, 0) is 9.84 Å². The molecule has 1 heterocycles. The highest BCUT2D eigenvalue weighted by molar-refractivity contribution is 9.10. The first-order valence-electron chi connectivity index (χ1n) is 6.54. The molecule has 3 rings (SSSR count). The molecule has 0 bridgehead atoms. The Hall–Kier alpha value is -1.92. The highest BCUT2D eigenvalue weighted by Gasteiger charge is 2.10. The van der Waals surface area contributed by atoms with E-state index in [2.05, 4.69) is 20.9 Å². The topological polar surface area (TPSA) is 52.0 Å². The number of halogens is 1. The molecule has 4 nitrogen and oxygen atoms in total. The standard InChI is InChI=1S/C16H13BrN2O2S/c1-22(20,21)15-8-6-14(7-9-15)19-11-18-10-16(19)12-2-4-13(17)5-3-12/h2-11H,1H3. The highest BCUT2D eigenvalue weighted by Crippen LogP contribution is 2.25. The fourth-order valence-corrected chi connectivity index (χ4v) is 3.08. The smallest absolute Gasteiger partial charge is 0.175 e. The van der Waals surface area contributed by atoms with Gasteiger partial charge in [-0.3, -0.25) is 4.57 Å². The Balaban J connectivity index is 2.03.